The second kappa shape index (κ2) is 29.0. The van der Waals surface area contributed by atoms with Gasteiger partial charge in [-0.05, 0) is 43.9 Å². The first kappa shape index (κ1) is 44.3. The zero-order chi connectivity index (χ0) is 35.4. The van der Waals surface area contributed by atoms with Gasteiger partial charge in [0.2, 0.25) is 0 Å². The molecule has 0 saturated heterocycles. The van der Waals surface area contributed by atoms with Crippen molar-refractivity contribution in [2.24, 2.45) is 17.8 Å². The van der Waals surface area contributed by atoms with Crippen molar-refractivity contribution in [3.8, 4) is 0 Å². The molecule has 0 aromatic rings. The highest BCUT2D eigenvalue weighted by molar-refractivity contribution is 5.69. The number of allylic oxidation sites excluding steroid dienone is 2. The number of ether oxygens (including phenoxy) is 2. The second-order valence-electron chi connectivity index (χ2n) is 14.5. The molecule has 4 N–H and O–H groups in total. The number of hydrogen-bond donors (Lipinski definition) is 4. The Morgan fingerprint density at radius 3 is 1.83 bits per heavy atom. The van der Waals surface area contributed by atoms with E-state index in [-0.39, 0.29) is 37.4 Å². The fourth-order valence-corrected chi connectivity index (χ4v) is 6.38. The van der Waals surface area contributed by atoms with Crippen molar-refractivity contribution < 1.29 is 39.5 Å². The van der Waals surface area contributed by atoms with Crippen LogP contribution >= 0.6 is 0 Å². The van der Waals surface area contributed by atoms with Crippen molar-refractivity contribution in [2.75, 3.05) is 13.2 Å². The van der Waals surface area contributed by atoms with Gasteiger partial charge >= 0.3 is 11.9 Å². The zero-order valence-corrected chi connectivity index (χ0v) is 30.7. The SMILES string of the molecule is CCCCC[C@H](O)/C=C/[C@@H]1[C@@H](C/C=C/CCCC(=O)OC[C@H](O)COC(=O)CCCCCCCCCCCCCC(C)C)[C@@H](O)C[C@H]1O. The van der Waals surface area contributed by atoms with Gasteiger partial charge in [0, 0.05) is 25.2 Å². The molecule has 0 aromatic heterocycles. The first-order valence-corrected chi connectivity index (χ1v) is 19.5. The predicted octanol–water partition coefficient (Wildman–Crippen LogP) is 8.13. The Bertz CT molecular complexity index is 856. The molecule has 0 bridgehead atoms. The summed E-state index contributed by atoms with van der Waals surface area (Å²) in [4.78, 5) is 24.0. The van der Waals surface area contributed by atoms with E-state index in [0.717, 1.165) is 44.4 Å². The first-order chi connectivity index (χ1) is 23.1. The Morgan fingerprint density at radius 2 is 1.25 bits per heavy atom. The summed E-state index contributed by atoms with van der Waals surface area (Å²) in [6, 6.07) is 0. The summed E-state index contributed by atoms with van der Waals surface area (Å²) in [6.45, 7) is 6.32. The summed E-state index contributed by atoms with van der Waals surface area (Å²) in [5.41, 5.74) is 0. The Kier molecular flexibility index (Phi) is 26.8. The van der Waals surface area contributed by atoms with Gasteiger partial charge in [-0.25, -0.2) is 0 Å². The van der Waals surface area contributed by atoms with Crippen LogP contribution in [-0.4, -0.2) is 70.0 Å². The molecule has 8 heteroatoms. The van der Waals surface area contributed by atoms with Crippen molar-refractivity contribution in [1.29, 1.82) is 0 Å². The Morgan fingerprint density at radius 1 is 0.708 bits per heavy atom. The highest BCUT2D eigenvalue weighted by Crippen LogP contribution is 2.36. The lowest BCUT2D eigenvalue weighted by atomic mass is 9.89. The van der Waals surface area contributed by atoms with Crippen LogP contribution in [0.3, 0.4) is 0 Å². The van der Waals surface area contributed by atoms with Gasteiger partial charge in [0.1, 0.15) is 19.3 Å². The van der Waals surface area contributed by atoms with Crippen LogP contribution in [0.1, 0.15) is 162 Å². The smallest absolute Gasteiger partial charge is 0.305 e. The van der Waals surface area contributed by atoms with Crippen LogP contribution in [0.25, 0.3) is 0 Å². The fraction of sp³-hybridized carbons (Fsp3) is 0.850. The molecule has 1 saturated carbocycles. The monoisotopic (exact) mass is 681 g/mol. The zero-order valence-electron chi connectivity index (χ0n) is 30.7. The summed E-state index contributed by atoms with van der Waals surface area (Å²) < 4.78 is 10.3. The van der Waals surface area contributed by atoms with Crippen LogP contribution in [-0.2, 0) is 19.1 Å². The van der Waals surface area contributed by atoms with Crippen LogP contribution < -0.4 is 0 Å². The molecule has 1 aliphatic rings. The lowest BCUT2D eigenvalue weighted by Gasteiger charge is -2.19. The standard InChI is InChI=1S/C40H72O8/c1-4-5-17-23-33(41)27-28-36-35(37(43)29-38(36)44)24-19-15-16-21-26-40(46)48-31-34(42)30-47-39(45)25-20-14-12-10-8-6-7-9-11-13-18-22-32(2)3/h15,19,27-28,32-38,41-44H,4-14,16-18,20-26,29-31H2,1-3H3/b19-15+,28-27+/t33-,34+,35+,36+,37-,38+/m0/s1. The molecule has 48 heavy (non-hydrogen) atoms. The minimum Gasteiger partial charge on any atom is -0.463 e. The Balaban J connectivity index is 2.05. The molecule has 1 fully saturated rings. The first-order valence-electron chi connectivity index (χ1n) is 19.5. The molecule has 6 atom stereocenters. The average molecular weight is 681 g/mol. The van der Waals surface area contributed by atoms with E-state index in [9.17, 15) is 30.0 Å². The number of hydrogen-bond acceptors (Lipinski definition) is 8. The highest BCUT2D eigenvalue weighted by Gasteiger charge is 2.39. The van der Waals surface area contributed by atoms with E-state index in [4.69, 9.17) is 9.47 Å². The summed E-state index contributed by atoms with van der Waals surface area (Å²) >= 11 is 0. The van der Waals surface area contributed by atoms with Gasteiger partial charge in [-0.3, -0.25) is 9.59 Å². The van der Waals surface area contributed by atoms with E-state index in [1.165, 1.54) is 57.8 Å². The van der Waals surface area contributed by atoms with Gasteiger partial charge < -0.3 is 29.9 Å². The number of esters is 2. The van der Waals surface area contributed by atoms with Gasteiger partial charge in [0.25, 0.3) is 0 Å². The molecule has 0 spiro atoms. The second-order valence-corrected chi connectivity index (χ2v) is 14.5. The molecule has 0 radical (unpaired) electrons. The average Bonchev–Trinajstić information content (AvgIpc) is 3.32. The van der Waals surface area contributed by atoms with E-state index in [0.29, 0.717) is 38.5 Å². The van der Waals surface area contributed by atoms with E-state index in [1.807, 2.05) is 18.2 Å². The Hall–Kier alpha value is -1.74. The third kappa shape index (κ3) is 23.6. The summed E-state index contributed by atoms with van der Waals surface area (Å²) in [5.74, 6) is -0.232. The molecular weight excluding hydrogens is 608 g/mol. The van der Waals surface area contributed by atoms with Crippen molar-refractivity contribution in [3.63, 3.8) is 0 Å². The molecule has 0 unspecified atom stereocenters. The largest absolute Gasteiger partial charge is 0.463 e. The molecule has 8 nitrogen and oxygen atoms in total. The lowest BCUT2D eigenvalue weighted by molar-refractivity contribution is -0.152. The van der Waals surface area contributed by atoms with Gasteiger partial charge in [-0.2, -0.15) is 0 Å². The van der Waals surface area contributed by atoms with E-state index < -0.39 is 30.4 Å². The topological polar surface area (TPSA) is 134 Å². The van der Waals surface area contributed by atoms with Gasteiger partial charge in [-0.15, -0.1) is 0 Å². The number of rotatable bonds is 30. The van der Waals surface area contributed by atoms with Crippen LogP contribution in [0.15, 0.2) is 24.3 Å². The maximum Gasteiger partial charge on any atom is 0.305 e. The number of carbonyl (C=O) groups is 2. The number of carbonyl (C=O) groups excluding carboxylic acids is 2. The van der Waals surface area contributed by atoms with Crippen LogP contribution in [0.2, 0.25) is 0 Å². The van der Waals surface area contributed by atoms with Crippen molar-refractivity contribution in [3.05, 3.63) is 24.3 Å². The predicted molar refractivity (Wildman–Crippen MR) is 193 cm³/mol. The number of aliphatic hydroxyl groups is 4. The summed E-state index contributed by atoms with van der Waals surface area (Å²) in [6.07, 6.45) is 26.2. The minimum absolute atomic E-state index is 0.116. The van der Waals surface area contributed by atoms with Crippen LogP contribution in [0, 0.1) is 17.8 Å². The highest BCUT2D eigenvalue weighted by atomic mass is 16.6. The summed E-state index contributed by atoms with van der Waals surface area (Å²) in [5, 5.41) is 41.1. The van der Waals surface area contributed by atoms with Crippen molar-refractivity contribution in [2.45, 2.75) is 186 Å². The molecule has 0 aliphatic heterocycles. The number of unbranched alkanes of at least 4 members (excludes halogenated alkanes) is 13. The van der Waals surface area contributed by atoms with Gasteiger partial charge in [-0.1, -0.05) is 135 Å². The molecule has 280 valence electrons. The quantitative estimate of drug-likeness (QED) is 0.0340. The Labute approximate surface area is 292 Å². The van der Waals surface area contributed by atoms with E-state index in [2.05, 4.69) is 20.8 Å². The van der Waals surface area contributed by atoms with E-state index in [1.54, 1.807) is 6.08 Å². The molecule has 0 aromatic carbocycles. The number of aliphatic hydroxyl groups excluding tert-OH is 4. The molecule has 1 aliphatic carbocycles. The molecule has 0 amide bonds. The van der Waals surface area contributed by atoms with Crippen LogP contribution in [0.4, 0.5) is 0 Å². The van der Waals surface area contributed by atoms with E-state index >= 15 is 0 Å². The summed E-state index contributed by atoms with van der Waals surface area (Å²) in [7, 11) is 0. The van der Waals surface area contributed by atoms with Crippen LogP contribution in [0.5, 0.6) is 0 Å². The van der Waals surface area contributed by atoms with Crippen molar-refractivity contribution >= 4 is 11.9 Å². The fourth-order valence-electron chi connectivity index (χ4n) is 6.38. The van der Waals surface area contributed by atoms with Gasteiger partial charge in [0.15, 0.2) is 0 Å². The lowest BCUT2D eigenvalue weighted by Crippen LogP contribution is -2.25. The molecular formula is C40H72O8. The third-order valence-electron chi connectivity index (χ3n) is 9.44. The third-order valence-corrected chi connectivity index (χ3v) is 9.44. The minimum atomic E-state index is -1.04. The molecule has 1 rings (SSSR count). The van der Waals surface area contributed by atoms with Crippen molar-refractivity contribution in [1.82, 2.24) is 0 Å². The normalized spacial score (nSPS) is 21.0. The van der Waals surface area contributed by atoms with Gasteiger partial charge in [0.05, 0.1) is 18.3 Å². The maximum atomic E-state index is 12.1. The molecule has 0 heterocycles. The maximum absolute atomic E-state index is 12.1.